The third-order valence-electron chi connectivity index (χ3n) is 26.2. The maximum Gasteiger partial charge on any atom is 0.303 e. The number of aliphatic hydroxyl groups excluding tert-OH is 1. The van der Waals surface area contributed by atoms with Gasteiger partial charge in [-0.3, -0.25) is 107 Å². The highest BCUT2D eigenvalue weighted by molar-refractivity contribution is 6.43. The number of hydrazine groups is 3. The fourth-order valence-electron chi connectivity index (χ4n) is 16.6. The van der Waals surface area contributed by atoms with Gasteiger partial charge in [-0.05, 0) is 200 Å². The summed E-state index contributed by atoms with van der Waals surface area (Å²) >= 11 is 0. The molecule has 814 valence electrons. The Morgan fingerprint density at radius 1 is 0.544 bits per heavy atom. The van der Waals surface area contributed by atoms with Gasteiger partial charge in [0.25, 0.3) is 0 Å². The largest absolute Gasteiger partial charge is 0.508 e. The molecule has 0 bridgehead atoms. The maximum absolute atomic E-state index is 15.6. The number of hydrogen-bond donors (Lipinski definition) is 22. The zero-order valence-electron chi connectivity index (χ0n) is 87.8. The number of allylic oxidation sites excluding steroid dienone is 2. The van der Waals surface area contributed by atoms with Crippen molar-refractivity contribution < 1.29 is 106 Å². The van der Waals surface area contributed by atoms with Crippen molar-refractivity contribution in [2.45, 2.75) is 346 Å². The lowest BCUT2D eigenvalue weighted by molar-refractivity contribution is -0.144. The molecular formula is C105H162N20O22. The van der Waals surface area contributed by atoms with Gasteiger partial charge in [0.1, 0.15) is 41.7 Å². The standard InChI is InChI=1S/C105H162N20O22/c1-63(2)51-75(60-126)119-123-96(71(11)127)99(143)97(141)82(53-72-29-23-22-24-30-72)122-124-105(13)47-28-21-19-17-15-16-18-20-27-46-104(12,92(136)58-111-68(8)89(133)45-50-110-67(7)88(132)44-49-109-66(6)87(131)43-48-108-65(5)85(129)39-40-86(130)69(9)115-62-125(14)59-94(107)138)118-103(147)83(52-64(3)4)117-101(145)80(37-41-93(106)137)114-61-113-70(10)90(134)56-91(135)81(55-74-57-112-78-32-26-25-31-77(74)78)120-121-84(54-73-33-35-76(128)36-34-73)102(146)116-79(38-42-95(139)140)98(142)100(105)144/h16,18,22-26,29-36,57,60,63-71,75,79-84,96,108-115,119-124,127-128H,15,17,19-21,27-28,37-56,58-59,61-62H2,1-14H3,(H2,106,137)(H2,107,138)(H,116,146)(H,117,145)(H,118,147)(H,139,140)/b18-16+/t65-,66-,67-,68-,69-,70-,71+,75-,79-,80-,81-,82-,83-,84-,96-,104-,105+/m0/s1. The van der Waals surface area contributed by atoms with Crippen molar-refractivity contribution in [3.05, 3.63) is 114 Å². The lowest BCUT2D eigenvalue weighted by Crippen LogP contribution is -2.65. The van der Waals surface area contributed by atoms with E-state index in [1.54, 1.807) is 114 Å². The Kier molecular flexibility index (Phi) is 56.2. The molecule has 0 aliphatic carbocycles. The number of para-hydroxylation sites is 1. The number of ketones is 12. The second-order valence-corrected chi connectivity index (χ2v) is 40.0. The number of carbonyl (C=O) groups is 19. The molecule has 147 heavy (non-hydrogen) atoms. The molecule has 42 nitrogen and oxygen atoms in total. The average molecular weight is 2060 g/mol. The molecule has 0 unspecified atom stereocenters. The number of aromatic hydroxyl groups is 1. The van der Waals surface area contributed by atoms with E-state index in [2.05, 4.69) is 90.7 Å². The van der Waals surface area contributed by atoms with Gasteiger partial charge >= 0.3 is 5.97 Å². The number of carbonyl (C=O) groups excluding carboxylic acids is 18. The van der Waals surface area contributed by atoms with E-state index >= 15 is 19.2 Å². The number of nitrogens with zero attached hydrogens (tertiary/aromatic N) is 1. The number of rotatable bonds is 56. The zero-order valence-corrected chi connectivity index (χ0v) is 87.8. The number of aromatic nitrogens is 1. The number of phenols is 1. The van der Waals surface area contributed by atoms with Gasteiger partial charge in [-0.1, -0.05) is 120 Å². The third kappa shape index (κ3) is 46.1. The fraction of sp³-hybridized carbons (Fsp3) is 0.610. The molecule has 5 rings (SSSR count). The number of hydrogen-bond acceptors (Lipinski definition) is 35. The van der Waals surface area contributed by atoms with Gasteiger partial charge in [0.15, 0.2) is 34.7 Å². The number of carboxylic acids is 1. The molecule has 2 heterocycles. The second-order valence-electron chi connectivity index (χ2n) is 40.0. The molecule has 42 heteroatoms. The highest BCUT2D eigenvalue weighted by atomic mass is 16.4. The second kappa shape index (κ2) is 65.5. The summed E-state index contributed by atoms with van der Waals surface area (Å²) in [6.45, 7) is 21.2. The first-order chi connectivity index (χ1) is 69.5. The predicted octanol–water partition coefficient (Wildman–Crippen LogP) is 1.84. The summed E-state index contributed by atoms with van der Waals surface area (Å²) in [6.07, 6.45) is 4.70. The van der Waals surface area contributed by atoms with Gasteiger partial charge < -0.3 is 73.8 Å². The van der Waals surface area contributed by atoms with Gasteiger partial charge in [-0.2, -0.15) is 0 Å². The topological polar surface area (TPSA) is 649 Å². The molecule has 3 aromatic carbocycles. The van der Waals surface area contributed by atoms with Gasteiger partial charge in [0.05, 0.1) is 103 Å². The van der Waals surface area contributed by atoms with Crippen LogP contribution in [0, 0.1) is 11.8 Å². The van der Waals surface area contributed by atoms with Crippen LogP contribution in [0.15, 0.2) is 97.2 Å². The minimum atomic E-state index is -2.04. The Balaban J connectivity index is 1.43. The van der Waals surface area contributed by atoms with Crippen molar-refractivity contribution in [2.24, 2.45) is 23.3 Å². The van der Waals surface area contributed by atoms with Crippen LogP contribution in [-0.4, -0.2) is 291 Å². The molecule has 17 atom stereocenters. The van der Waals surface area contributed by atoms with Crippen LogP contribution in [0.1, 0.15) is 242 Å². The van der Waals surface area contributed by atoms with Crippen molar-refractivity contribution in [2.75, 3.05) is 53.1 Å². The minimum Gasteiger partial charge on any atom is -0.508 e. The molecule has 0 fully saturated rings. The molecule has 1 aliphatic rings. The van der Waals surface area contributed by atoms with E-state index in [1.807, 2.05) is 39.8 Å². The summed E-state index contributed by atoms with van der Waals surface area (Å²) in [4.78, 5) is 268. The predicted molar refractivity (Wildman–Crippen MR) is 554 cm³/mol. The fourth-order valence-corrected chi connectivity index (χ4v) is 16.6. The summed E-state index contributed by atoms with van der Waals surface area (Å²) in [6, 6.07) is 5.60. The Morgan fingerprint density at radius 3 is 1.67 bits per heavy atom. The van der Waals surface area contributed by atoms with Crippen molar-refractivity contribution in [3.63, 3.8) is 0 Å². The van der Waals surface area contributed by atoms with Crippen LogP contribution < -0.4 is 97.2 Å². The van der Waals surface area contributed by atoms with Crippen LogP contribution in [0.3, 0.4) is 0 Å². The Labute approximate surface area is 861 Å². The van der Waals surface area contributed by atoms with Gasteiger partial charge in [-0.15, -0.1) is 0 Å². The highest BCUT2D eigenvalue weighted by Crippen LogP contribution is 2.25. The lowest BCUT2D eigenvalue weighted by atomic mass is 9.85. The maximum atomic E-state index is 15.6. The molecular weight excluding hydrogens is 1890 g/mol. The molecule has 0 radical (unpaired) electrons. The van der Waals surface area contributed by atoms with Gasteiger partial charge in [0, 0.05) is 95.0 Å². The SMILES string of the molecule is CC(C)C[C@@H](C=O)NN[C@H](C(=O)C(=O)[C@H](Cc1ccccc1)NN[C@]1(C)CCCCCC/C=C/CCC[C@@](C)(C(=O)CN[C@@H](C)C(=O)CCN[C@@H](C)C(=O)CCN[C@@H](C)C(=O)CCN[C@@H](C)C(=O)CCC(=O)[C@H](C)NCN(C)CC(N)=O)NC(=O)[C@H](CC(C)C)NC(=O)[C@H](CCC(N)=O)NCN[C@@H](C)C(=O)CC(=O)[C@H](Cc2c[nH]c3ccccc23)NN[C@@H](Cc2ccc(O)cc2)C(=O)N[C@@H](CCC(=O)O)C(=O)C1=O)[C@@H](C)O. The van der Waals surface area contributed by atoms with E-state index in [9.17, 15) is 87.2 Å². The van der Waals surface area contributed by atoms with Crippen LogP contribution in [-0.2, 0) is 110 Å². The van der Waals surface area contributed by atoms with E-state index < -0.39 is 204 Å². The Hall–Kier alpha value is -11.3. The van der Waals surface area contributed by atoms with Crippen LogP contribution in [0.5, 0.6) is 5.75 Å². The number of primary amides is 2. The monoisotopic (exact) mass is 2060 g/mol. The Morgan fingerprint density at radius 2 is 1.10 bits per heavy atom. The minimum absolute atomic E-state index is 0.00391. The first-order valence-electron chi connectivity index (χ1n) is 51.2. The van der Waals surface area contributed by atoms with E-state index in [4.69, 9.17) is 11.5 Å². The summed E-state index contributed by atoms with van der Waals surface area (Å²) in [5.74, 6) is -13.1. The van der Waals surface area contributed by atoms with Crippen LogP contribution in [0.2, 0.25) is 0 Å². The number of aromatic amines is 1. The number of carboxylic acid groups (broad SMARTS) is 1. The number of aldehydes is 1. The van der Waals surface area contributed by atoms with E-state index in [0.29, 0.717) is 78.8 Å². The number of nitrogens with one attached hydrogen (secondary N) is 17. The van der Waals surface area contributed by atoms with Crippen molar-refractivity contribution in [1.29, 1.82) is 0 Å². The van der Waals surface area contributed by atoms with Gasteiger partial charge in [-0.25, -0.2) is 32.6 Å². The molecule has 0 saturated heterocycles. The summed E-state index contributed by atoms with van der Waals surface area (Å²) in [5.41, 5.74) is 26.6. The van der Waals surface area contributed by atoms with Crippen molar-refractivity contribution >= 4 is 122 Å². The third-order valence-corrected chi connectivity index (χ3v) is 26.2. The first-order valence-corrected chi connectivity index (χ1v) is 51.2. The first kappa shape index (κ1) is 126. The van der Waals surface area contributed by atoms with Gasteiger partial charge in [0.2, 0.25) is 52.7 Å². The van der Waals surface area contributed by atoms with Crippen LogP contribution in [0.4, 0.5) is 0 Å². The summed E-state index contributed by atoms with van der Waals surface area (Å²) in [5, 5.41) is 62.0. The molecule has 1 aromatic heterocycles. The number of aliphatic carboxylic acids is 1. The zero-order chi connectivity index (χ0) is 109. The molecule has 0 saturated carbocycles. The number of Topliss-reactive ketones (excluding diaryl/α,β-unsaturated/α-hetero) is 12. The molecule has 0 spiro atoms. The molecule has 4 aromatic rings. The van der Waals surface area contributed by atoms with Crippen LogP contribution >= 0.6 is 0 Å². The Bertz CT molecular complexity index is 5040. The smallest absolute Gasteiger partial charge is 0.303 e. The lowest BCUT2D eigenvalue weighted by Gasteiger charge is -2.33. The molecule has 1 aliphatic heterocycles. The van der Waals surface area contributed by atoms with Crippen molar-refractivity contribution in [3.8, 4) is 5.75 Å². The van der Waals surface area contributed by atoms with E-state index in [1.165, 1.54) is 45.0 Å². The van der Waals surface area contributed by atoms with E-state index in [0.717, 1.165) is 0 Å². The molecule has 24 N–H and O–H groups in total. The number of aliphatic hydroxyl groups is 1. The number of amides is 5. The van der Waals surface area contributed by atoms with Crippen molar-refractivity contribution in [1.82, 2.24) is 95.6 Å². The number of H-pyrrole nitrogens is 1. The number of likely N-dealkylation sites (N-methyl/N-ethyl adjacent to an activating group) is 1. The summed E-state index contributed by atoms with van der Waals surface area (Å²) < 4.78 is 0. The van der Waals surface area contributed by atoms with Crippen LogP contribution in [0.25, 0.3) is 10.9 Å². The number of fused-ring (bicyclic) bond motifs is 1. The van der Waals surface area contributed by atoms with E-state index in [-0.39, 0.29) is 176 Å². The normalized spacial score (nSPS) is 21.7. The summed E-state index contributed by atoms with van der Waals surface area (Å²) in [7, 11) is 1.67. The molecule has 5 amide bonds. The quantitative estimate of drug-likeness (QED) is 0.00749. The number of phenolic OH excluding ortho intramolecular Hbond substituents is 1. The number of benzene rings is 3. The average Bonchev–Trinajstić information content (AvgIpc) is 1.43. The highest BCUT2D eigenvalue weighted by Gasteiger charge is 2.45. The number of nitrogens with two attached hydrogens (primary N) is 2.